The van der Waals surface area contributed by atoms with Gasteiger partial charge in [-0.1, -0.05) is 26.2 Å². The lowest BCUT2D eigenvalue weighted by atomic mass is 10.2. The van der Waals surface area contributed by atoms with Crippen molar-refractivity contribution >= 4 is 5.82 Å². The first kappa shape index (κ1) is 12.7. The molecule has 0 aliphatic heterocycles. The van der Waals surface area contributed by atoms with Gasteiger partial charge in [0.2, 0.25) is 5.88 Å². The lowest BCUT2D eigenvalue weighted by Crippen LogP contribution is -2.05. The van der Waals surface area contributed by atoms with Gasteiger partial charge in [0, 0.05) is 12.6 Å². The number of nitrogens with zero attached hydrogens (tertiary/aromatic N) is 2. The molecule has 4 nitrogen and oxygen atoms in total. The van der Waals surface area contributed by atoms with Crippen LogP contribution in [0.4, 0.5) is 5.82 Å². The van der Waals surface area contributed by atoms with Crippen LogP contribution in [0, 0.1) is 6.92 Å². The maximum absolute atomic E-state index is 5.09. The molecule has 0 radical (unpaired) electrons. The number of unbranched alkanes of at least 4 members (excludes halogenated alkanes) is 3. The minimum atomic E-state index is 0.614. The maximum Gasteiger partial charge on any atom is 0.218 e. The van der Waals surface area contributed by atoms with Gasteiger partial charge in [0.05, 0.1) is 7.11 Å². The molecule has 1 aromatic heterocycles. The number of ether oxygens (including phenoxy) is 1. The van der Waals surface area contributed by atoms with Crippen LogP contribution in [-0.2, 0) is 0 Å². The highest BCUT2D eigenvalue weighted by Crippen LogP contribution is 2.12. The van der Waals surface area contributed by atoms with Crippen molar-refractivity contribution in [2.24, 2.45) is 0 Å². The number of nitrogens with one attached hydrogen (secondary N) is 1. The van der Waals surface area contributed by atoms with E-state index in [1.165, 1.54) is 25.7 Å². The molecule has 90 valence electrons. The molecule has 0 bridgehead atoms. The molecule has 1 aromatic rings. The van der Waals surface area contributed by atoms with Crippen LogP contribution in [0.1, 0.15) is 38.4 Å². The zero-order valence-corrected chi connectivity index (χ0v) is 10.4. The Kier molecular flexibility index (Phi) is 5.61. The highest BCUT2D eigenvalue weighted by molar-refractivity contribution is 5.38. The molecule has 0 spiro atoms. The first-order chi connectivity index (χ1) is 7.76. The molecule has 0 aliphatic rings. The van der Waals surface area contributed by atoms with Gasteiger partial charge in [0.25, 0.3) is 0 Å². The van der Waals surface area contributed by atoms with Crippen molar-refractivity contribution < 1.29 is 4.74 Å². The molecule has 0 fully saturated rings. The first-order valence-electron chi connectivity index (χ1n) is 5.89. The largest absolute Gasteiger partial charge is 0.481 e. The van der Waals surface area contributed by atoms with Crippen LogP contribution in [0.15, 0.2) is 6.07 Å². The Labute approximate surface area is 97.5 Å². The highest BCUT2D eigenvalue weighted by Gasteiger charge is 2.00. The lowest BCUT2D eigenvalue weighted by Gasteiger charge is -2.07. The van der Waals surface area contributed by atoms with Crippen LogP contribution >= 0.6 is 0 Å². The number of hydrogen-bond donors (Lipinski definition) is 1. The predicted octanol–water partition coefficient (Wildman–Crippen LogP) is 2.79. The summed E-state index contributed by atoms with van der Waals surface area (Å²) in [6.07, 6.45) is 5.01. The number of aromatic nitrogens is 2. The SMILES string of the molecule is CCCCCCNc1cc(OC)nc(C)n1. The van der Waals surface area contributed by atoms with Gasteiger partial charge in [-0.2, -0.15) is 4.98 Å². The number of methoxy groups -OCH3 is 1. The van der Waals surface area contributed by atoms with Gasteiger partial charge >= 0.3 is 0 Å². The van der Waals surface area contributed by atoms with E-state index >= 15 is 0 Å². The van der Waals surface area contributed by atoms with Gasteiger partial charge in [-0.05, 0) is 13.3 Å². The molecule has 0 saturated heterocycles. The summed E-state index contributed by atoms with van der Waals surface area (Å²) in [7, 11) is 1.62. The Bertz CT molecular complexity index is 315. The highest BCUT2D eigenvalue weighted by atomic mass is 16.5. The van der Waals surface area contributed by atoms with E-state index < -0.39 is 0 Å². The summed E-state index contributed by atoms with van der Waals surface area (Å²) in [5.41, 5.74) is 0. The minimum absolute atomic E-state index is 0.614. The van der Waals surface area contributed by atoms with Crippen LogP contribution in [0.3, 0.4) is 0 Å². The summed E-state index contributed by atoms with van der Waals surface area (Å²) in [6.45, 7) is 5.04. The van der Waals surface area contributed by atoms with Gasteiger partial charge in [-0.25, -0.2) is 4.98 Å². The zero-order valence-electron chi connectivity index (χ0n) is 10.4. The average molecular weight is 223 g/mol. The van der Waals surface area contributed by atoms with E-state index in [1.54, 1.807) is 7.11 Å². The average Bonchev–Trinajstić information content (AvgIpc) is 2.28. The topological polar surface area (TPSA) is 47.0 Å². The smallest absolute Gasteiger partial charge is 0.218 e. The van der Waals surface area contributed by atoms with Crippen molar-refractivity contribution in [3.63, 3.8) is 0 Å². The lowest BCUT2D eigenvalue weighted by molar-refractivity contribution is 0.396. The van der Waals surface area contributed by atoms with Gasteiger partial charge in [0.15, 0.2) is 0 Å². The van der Waals surface area contributed by atoms with Crippen molar-refractivity contribution in [3.05, 3.63) is 11.9 Å². The molecule has 1 heterocycles. The molecule has 16 heavy (non-hydrogen) atoms. The monoisotopic (exact) mass is 223 g/mol. The molecule has 1 N–H and O–H groups in total. The second-order valence-corrected chi connectivity index (χ2v) is 3.83. The van der Waals surface area contributed by atoms with Gasteiger partial charge in [0.1, 0.15) is 11.6 Å². The molecule has 0 saturated carbocycles. The third kappa shape index (κ3) is 4.47. The fourth-order valence-electron chi connectivity index (χ4n) is 1.50. The summed E-state index contributed by atoms with van der Waals surface area (Å²) < 4.78 is 5.09. The molecule has 0 unspecified atom stereocenters. The van der Waals surface area contributed by atoms with Gasteiger partial charge in [-0.3, -0.25) is 0 Å². The van der Waals surface area contributed by atoms with E-state index in [0.717, 1.165) is 18.2 Å². The van der Waals surface area contributed by atoms with Crippen molar-refractivity contribution in [1.29, 1.82) is 0 Å². The number of hydrogen-bond acceptors (Lipinski definition) is 4. The molecular formula is C12H21N3O. The third-order valence-corrected chi connectivity index (χ3v) is 2.36. The summed E-state index contributed by atoms with van der Waals surface area (Å²) in [5, 5.41) is 3.29. The number of anilines is 1. The predicted molar refractivity (Wildman–Crippen MR) is 66.0 cm³/mol. The fourth-order valence-corrected chi connectivity index (χ4v) is 1.50. The molecule has 0 aliphatic carbocycles. The second kappa shape index (κ2) is 7.04. The Morgan fingerprint density at radius 1 is 1.25 bits per heavy atom. The number of aryl methyl sites for hydroxylation is 1. The van der Waals surface area contributed by atoms with Gasteiger partial charge in [-0.15, -0.1) is 0 Å². The third-order valence-electron chi connectivity index (χ3n) is 2.36. The van der Waals surface area contributed by atoms with Crippen LogP contribution in [0.2, 0.25) is 0 Å². The minimum Gasteiger partial charge on any atom is -0.481 e. The quantitative estimate of drug-likeness (QED) is 0.722. The summed E-state index contributed by atoms with van der Waals surface area (Å²) in [5.74, 6) is 2.19. The van der Waals surface area contributed by atoms with Gasteiger partial charge < -0.3 is 10.1 Å². The maximum atomic E-state index is 5.09. The van der Waals surface area contributed by atoms with E-state index in [9.17, 15) is 0 Å². The van der Waals surface area contributed by atoms with Crippen molar-refractivity contribution in [2.75, 3.05) is 19.0 Å². The summed E-state index contributed by atoms with van der Waals surface area (Å²) in [6, 6.07) is 1.83. The van der Waals surface area contributed by atoms with E-state index in [1.807, 2.05) is 13.0 Å². The van der Waals surface area contributed by atoms with Crippen LogP contribution in [0.25, 0.3) is 0 Å². The molecule has 0 atom stereocenters. The molecule has 1 rings (SSSR count). The second-order valence-electron chi connectivity index (χ2n) is 3.83. The molecule has 4 heteroatoms. The fraction of sp³-hybridized carbons (Fsp3) is 0.667. The first-order valence-corrected chi connectivity index (χ1v) is 5.89. The van der Waals surface area contributed by atoms with Crippen LogP contribution in [-0.4, -0.2) is 23.6 Å². The number of rotatable bonds is 7. The molecule has 0 amide bonds. The Balaban J connectivity index is 2.38. The molecular weight excluding hydrogens is 202 g/mol. The van der Waals surface area contributed by atoms with E-state index in [2.05, 4.69) is 22.2 Å². The summed E-state index contributed by atoms with van der Waals surface area (Å²) >= 11 is 0. The van der Waals surface area contributed by atoms with E-state index in [0.29, 0.717) is 5.88 Å². The Morgan fingerprint density at radius 2 is 2.06 bits per heavy atom. The normalized spacial score (nSPS) is 10.2. The van der Waals surface area contributed by atoms with Crippen molar-refractivity contribution in [2.45, 2.75) is 39.5 Å². The Morgan fingerprint density at radius 3 is 2.75 bits per heavy atom. The Hall–Kier alpha value is -1.32. The van der Waals surface area contributed by atoms with Crippen molar-refractivity contribution in [1.82, 2.24) is 9.97 Å². The van der Waals surface area contributed by atoms with Crippen LogP contribution < -0.4 is 10.1 Å². The van der Waals surface area contributed by atoms with E-state index in [4.69, 9.17) is 4.74 Å². The standard InChI is InChI=1S/C12H21N3O/c1-4-5-6-7-8-13-11-9-12(16-3)15-10(2)14-11/h9H,4-8H2,1-3H3,(H,13,14,15). The zero-order chi connectivity index (χ0) is 11.8. The summed E-state index contributed by atoms with van der Waals surface area (Å²) in [4.78, 5) is 8.43. The van der Waals surface area contributed by atoms with Crippen molar-refractivity contribution in [3.8, 4) is 5.88 Å². The van der Waals surface area contributed by atoms with Crippen LogP contribution in [0.5, 0.6) is 5.88 Å². The molecule has 0 aromatic carbocycles. The van der Waals surface area contributed by atoms with E-state index in [-0.39, 0.29) is 0 Å².